The van der Waals surface area contributed by atoms with Gasteiger partial charge in [0.05, 0.1) is 6.61 Å². The fourth-order valence-electron chi connectivity index (χ4n) is 3.40. The van der Waals surface area contributed by atoms with E-state index >= 15 is 0 Å². The van der Waals surface area contributed by atoms with Crippen LogP contribution in [0.25, 0.3) is 0 Å². The Kier molecular flexibility index (Phi) is 4.76. The first kappa shape index (κ1) is 15.5. The van der Waals surface area contributed by atoms with Gasteiger partial charge in [-0.2, -0.15) is 0 Å². The highest BCUT2D eigenvalue weighted by molar-refractivity contribution is 5.82. The van der Waals surface area contributed by atoms with Crippen LogP contribution < -0.4 is 5.73 Å². The van der Waals surface area contributed by atoms with Gasteiger partial charge in [0.1, 0.15) is 6.10 Å². The minimum Gasteiger partial charge on any atom is -0.366 e. The molecule has 2 heterocycles. The number of carbonyl (C=O) groups excluding carboxylic acids is 1. The van der Waals surface area contributed by atoms with Crippen molar-refractivity contribution in [2.45, 2.75) is 25.0 Å². The highest BCUT2D eigenvalue weighted by Crippen LogP contribution is 2.27. The van der Waals surface area contributed by atoms with Crippen molar-refractivity contribution in [2.24, 2.45) is 5.73 Å². The van der Waals surface area contributed by atoms with E-state index in [1.807, 2.05) is 23.1 Å². The van der Waals surface area contributed by atoms with Gasteiger partial charge in [-0.3, -0.25) is 9.69 Å². The molecule has 3 atom stereocenters. The lowest BCUT2D eigenvalue weighted by molar-refractivity contribution is -0.148. The maximum Gasteiger partial charge on any atom is 0.253 e. The van der Waals surface area contributed by atoms with Gasteiger partial charge in [0, 0.05) is 38.1 Å². The van der Waals surface area contributed by atoms with E-state index in [0.717, 1.165) is 13.1 Å². The molecule has 0 saturated carbocycles. The number of morpholine rings is 1. The van der Waals surface area contributed by atoms with Crippen molar-refractivity contribution < 1.29 is 9.53 Å². The second-order valence-electron chi connectivity index (χ2n) is 6.18. The van der Waals surface area contributed by atoms with E-state index in [1.54, 1.807) is 0 Å². The van der Waals surface area contributed by atoms with Gasteiger partial charge >= 0.3 is 0 Å². The van der Waals surface area contributed by atoms with Crippen LogP contribution >= 0.6 is 0 Å². The number of hydrogen-bond acceptors (Lipinski definition) is 4. The van der Waals surface area contributed by atoms with Crippen LogP contribution in [-0.4, -0.2) is 67.2 Å². The van der Waals surface area contributed by atoms with Gasteiger partial charge < -0.3 is 15.4 Å². The highest BCUT2D eigenvalue weighted by Gasteiger charge is 2.38. The zero-order valence-electron chi connectivity index (χ0n) is 13.1. The van der Waals surface area contributed by atoms with Crippen LogP contribution in [0.15, 0.2) is 30.3 Å². The van der Waals surface area contributed by atoms with E-state index in [1.165, 1.54) is 5.56 Å². The maximum atomic E-state index is 12.7. The van der Waals surface area contributed by atoms with Gasteiger partial charge in [0.2, 0.25) is 0 Å². The first-order valence-corrected chi connectivity index (χ1v) is 8.12. The molecule has 5 heteroatoms. The van der Waals surface area contributed by atoms with Gasteiger partial charge in [-0.15, -0.1) is 0 Å². The van der Waals surface area contributed by atoms with Crippen LogP contribution in [0.2, 0.25) is 0 Å². The summed E-state index contributed by atoms with van der Waals surface area (Å²) in [6, 6.07) is 10.2. The number of rotatable bonds is 3. The Hall–Kier alpha value is -1.43. The maximum absolute atomic E-state index is 12.7. The number of nitrogens with zero attached hydrogens (tertiary/aromatic N) is 2. The Labute approximate surface area is 132 Å². The largest absolute Gasteiger partial charge is 0.366 e. The lowest BCUT2D eigenvalue weighted by Gasteiger charge is -2.33. The summed E-state index contributed by atoms with van der Waals surface area (Å²) in [5.74, 6) is 0.308. The Morgan fingerprint density at radius 2 is 2.05 bits per heavy atom. The van der Waals surface area contributed by atoms with Gasteiger partial charge in [-0.05, 0) is 12.1 Å². The van der Waals surface area contributed by atoms with E-state index in [0.29, 0.717) is 26.2 Å². The SMILES string of the molecule is CCN1CCOC(C(=O)N2C[C@@H](N)[C@H](c3ccccc3)C2)C1. The van der Waals surface area contributed by atoms with Crippen molar-refractivity contribution in [1.29, 1.82) is 0 Å². The summed E-state index contributed by atoms with van der Waals surface area (Å²) >= 11 is 0. The summed E-state index contributed by atoms with van der Waals surface area (Å²) in [6.07, 6.45) is -0.338. The molecular weight excluding hydrogens is 278 g/mol. The lowest BCUT2D eigenvalue weighted by atomic mass is 9.95. The normalized spacial score (nSPS) is 29.7. The third-order valence-corrected chi connectivity index (χ3v) is 4.78. The molecular formula is C17H25N3O2. The van der Waals surface area contributed by atoms with Gasteiger partial charge in [0.25, 0.3) is 5.91 Å². The number of benzene rings is 1. The van der Waals surface area contributed by atoms with Crippen LogP contribution in [-0.2, 0) is 9.53 Å². The Balaban J connectivity index is 1.65. The minimum atomic E-state index is -0.338. The number of hydrogen-bond donors (Lipinski definition) is 1. The molecule has 1 aromatic carbocycles. The monoisotopic (exact) mass is 303 g/mol. The van der Waals surface area contributed by atoms with Crippen LogP contribution in [0.4, 0.5) is 0 Å². The standard InChI is InChI=1S/C17H25N3O2/c1-2-19-8-9-22-16(12-19)17(21)20-10-14(15(18)11-20)13-6-4-3-5-7-13/h3-7,14-16H,2,8-12,18H2,1H3/t14-,15+,16?/m0/s1. The number of ether oxygens (including phenoxy) is 1. The molecule has 0 radical (unpaired) electrons. The summed E-state index contributed by atoms with van der Waals surface area (Å²) < 4.78 is 5.69. The third-order valence-electron chi connectivity index (χ3n) is 4.78. The molecule has 0 aliphatic carbocycles. The molecule has 5 nitrogen and oxygen atoms in total. The molecule has 22 heavy (non-hydrogen) atoms. The molecule has 0 bridgehead atoms. The average molecular weight is 303 g/mol. The Morgan fingerprint density at radius 3 is 2.77 bits per heavy atom. The molecule has 2 saturated heterocycles. The molecule has 2 aliphatic rings. The first-order chi connectivity index (χ1) is 10.7. The summed E-state index contributed by atoms with van der Waals surface area (Å²) in [4.78, 5) is 16.8. The fourth-order valence-corrected chi connectivity index (χ4v) is 3.40. The lowest BCUT2D eigenvalue weighted by Crippen LogP contribution is -2.50. The molecule has 1 aromatic rings. The predicted octanol–water partition coefficient (Wildman–Crippen LogP) is 0.660. The molecule has 120 valence electrons. The molecule has 2 aliphatic heterocycles. The number of likely N-dealkylation sites (tertiary alicyclic amines) is 1. The summed E-state index contributed by atoms with van der Waals surface area (Å²) in [5.41, 5.74) is 7.49. The third kappa shape index (κ3) is 3.16. The fraction of sp³-hybridized carbons (Fsp3) is 0.588. The predicted molar refractivity (Wildman–Crippen MR) is 85.6 cm³/mol. The molecule has 2 fully saturated rings. The number of likely N-dealkylation sites (N-methyl/N-ethyl adjacent to an activating group) is 1. The van der Waals surface area contributed by atoms with Crippen LogP contribution in [0, 0.1) is 0 Å². The second kappa shape index (κ2) is 6.77. The van der Waals surface area contributed by atoms with Gasteiger partial charge in [-0.25, -0.2) is 0 Å². The van der Waals surface area contributed by atoms with Crippen molar-refractivity contribution in [3.05, 3.63) is 35.9 Å². The number of carbonyl (C=O) groups is 1. The second-order valence-corrected chi connectivity index (χ2v) is 6.18. The molecule has 2 N–H and O–H groups in total. The van der Waals surface area contributed by atoms with Gasteiger partial charge in [-0.1, -0.05) is 37.3 Å². The summed E-state index contributed by atoms with van der Waals surface area (Å²) in [7, 11) is 0. The summed E-state index contributed by atoms with van der Waals surface area (Å²) in [6.45, 7) is 6.61. The quantitative estimate of drug-likeness (QED) is 0.891. The summed E-state index contributed by atoms with van der Waals surface area (Å²) in [5, 5.41) is 0. The zero-order valence-corrected chi connectivity index (χ0v) is 13.1. The van der Waals surface area contributed by atoms with Crippen molar-refractivity contribution in [3.63, 3.8) is 0 Å². The van der Waals surface area contributed by atoms with E-state index in [9.17, 15) is 4.79 Å². The van der Waals surface area contributed by atoms with Crippen molar-refractivity contribution in [2.75, 3.05) is 39.3 Å². The highest BCUT2D eigenvalue weighted by atomic mass is 16.5. The van der Waals surface area contributed by atoms with Crippen molar-refractivity contribution in [1.82, 2.24) is 9.80 Å². The van der Waals surface area contributed by atoms with E-state index in [-0.39, 0.29) is 24.0 Å². The van der Waals surface area contributed by atoms with Crippen molar-refractivity contribution >= 4 is 5.91 Å². The molecule has 0 spiro atoms. The van der Waals surface area contributed by atoms with E-state index in [4.69, 9.17) is 10.5 Å². The van der Waals surface area contributed by atoms with Crippen LogP contribution in [0.5, 0.6) is 0 Å². The molecule has 3 rings (SSSR count). The van der Waals surface area contributed by atoms with Crippen LogP contribution in [0.1, 0.15) is 18.4 Å². The number of nitrogens with two attached hydrogens (primary N) is 1. The molecule has 0 aromatic heterocycles. The number of amides is 1. The first-order valence-electron chi connectivity index (χ1n) is 8.12. The topological polar surface area (TPSA) is 58.8 Å². The van der Waals surface area contributed by atoms with E-state index in [2.05, 4.69) is 24.0 Å². The van der Waals surface area contributed by atoms with Gasteiger partial charge in [0.15, 0.2) is 0 Å². The zero-order chi connectivity index (χ0) is 15.5. The molecule has 1 amide bonds. The minimum absolute atomic E-state index is 0.00258. The van der Waals surface area contributed by atoms with Crippen LogP contribution in [0.3, 0.4) is 0 Å². The average Bonchev–Trinajstić information content (AvgIpc) is 2.97. The van der Waals surface area contributed by atoms with Crippen molar-refractivity contribution in [3.8, 4) is 0 Å². The Bertz CT molecular complexity index is 508. The molecule has 1 unspecified atom stereocenters. The Morgan fingerprint density at radius 1 is 1.27 bits per heavy atom. The smallest absolute Gasteiger partial charge is 0.253 e. The van der Waals surface area contributed by atoms with E-state index < -0.39 is 0 Å².